The van der Waals surface area contributed by atoms with Crippen LogP contribution in [-0.2, 0) is 0 Å². The molecule has 21 heavy (non-hydrogen) atoms. The van der Waals surface area contributed by atoms with Crippen LogP contribution in [0.2, 0.25) is 5.02 Å². The molecule has 0 fully saturated rings. The summed E-state index contributed by atoms with van der Waals surface area (Å²) in [5, 5.41) is 13.6. The van der Waals surface area contributed by atoms with Gasteiger partial charge in [-0.25, -0.2) is 0 Å². The zero-order chi connectivity index (χ0) is 15.6. The first-order valence-electron chi connectivity index (χ1n) is 5.90. The third kappa shape index (κ3) is 3.40. The van der Waals surface area contributed by atoms with Crippen LogP contribution in [0.3, 0.4) is 0 Å². The molecule has 0 saturated carbocycles. The van der Waals surface area contributed by atoms with Crippen molar-refractivity contribution in [2.75, 3.05) is 5.32 Å². The van der Waals surface area contributed by atoms with Gasteiger partial charge in [-0.1, -0.05) is 33.6 Å². The zero-order valence-electron chi connectivity index (χ0n) is 10.9. The van der Waals surface area contributed by atoms with E-state index in [-0.39, 0.29) is 16.3 Å². The molecule has 1 N–H and O–H groups in total. The molecule has 2 aromatic rings. The van der Waals surface area contributed by atoms with Crippen molar-refractivity contribution in [2.24, 2.45) is 0 Å². The molecule has 2 rings (SSSR count). The van der Waals surface area contributed by atoms with Crippen molar-refractivity contribution in [2.45, 2.75) is 6.92 Å². The van der Waals surface area contributed by atoms with Crippen LogP contribution < -0.4 is 5.32 Å². The van der Waals surface area contributed by atoms with Gasteiger partial charge >= 0.3 is 0 Å². The summed E-state index contributed by atoms with van der Waals surface area (Å²) in [5.74, 6) is -0.617. The number of hydrogen-bond donors (Lipinski definition) is 1. The van der Waals surface area contributed by atoms with Crippen molar-refractivity contribution < 1.29 is 9.72 Å². The molecule has 0 aliphatic heterocycles. The molecule has 0 atom stereocenters. The molecule has 2 aromatic carbocycles. The fourth-order valence-electron chi connectivity index (χ4n) is 1.81. The van der Waals surface area contributed by atoms with Gasteiger partial charge in [0.1, 0.15) is 5.56 Å². The minimum absolute atomic E-state index is 0.0375. The van der Waals surface area contributed by atoms with Crippen LogP contribution in [0.15, 0.2) is 40.9 Å². The summed E-state index contributed by atoms with van der Waals surface area (Å²) in [4.78, 5) is 22.6. The number of rotatable bonds is 3. The van der Waals surface area contributed by atoms with Crippen LogP contribution in [0.25, 0.3) is 0 Å². The third-order valence-corrected chi connectivity index (χ3v) is 4.04. The molecule has 0 heterocycles. The SMILES string of the molecule is Cc1cc(NC(=O)c2c(Cl)cccc2[N+](=O)[O-])ccc1Br. The van der Waals surface area contributed by atoms with Crippen molar-refractivity contribution in [3.8, 4) is 0 Å². The second-order valence-corrected chi connectivity index (χ2v) is 5.57. The standard InChI is InChI=1S/C14H10BrClN2O3/c1-8-7-9(5-6-10(8)15)17-14(19)13-11(16)3-2-4-12(13)18(20)21/h2-7H,1H3,(H,17,19). The number of anilines is 1. The second-order valence-electron chi connectivity index (χ2n) is 4.31. The van der Waals surface area contributed by atoms with Crippen LogP contribution >= 0.6 is 27.5 Å². The molecule has 7 heteroatoms. The minimum atomic E-state index is -0.631. The van der Waals surface area contributed by atoms with E-state index < -0.39 is 10.8 Å². The Morgan fingerprint density at radius 3 is 2.67 bits per heavy atom. The molecule has 1 amide bonds. The molecule has 0 spiro atoms. The lowest BCUT2D eigenvalue weighted by atomic mass is 10.1. The van der Waals surface area contributed by atoms with Crippen molar-refractivity contribution in [3.05, 3.63) is 67.1 Å². The molecule has 0 aliphatic rings. The van der Waals surface area contributed by atoms with E-state index in [4.69, 9.17) is 11.6 Å². The van der Waals surface area contributed by atoms with Crippen molar-refractivity contribution in [3.63, 3.8) is 0 Å². The van der Waals surface area contributed by atoms with E-state index in [9.17, 15) is 14.9 Å². The number of benzene rings is 2. The zero-order valence-corrected chi connectivity index (χ0v) is 13.2. The first-order valence-corrected chi connectivity index (χ1v) is 7.07. The average Bonchev–Trinajstić information content (AvgIpc) is 2.42. The van der Waals surface area contributed by atoms with E-state index in [0.29, 0.717) is 5.69 Å². The maximum absolute atomic E-state index is 12.2. The van der Waals surface area contributed by atoms with E-state index in [1.54, 1.807) is 18.2 Å². The molecule has 0 aliphatic carbocycles. The van der Waals surface area contributed by atoms with E-state index in [2.05, 4.69) is 21.2 Å². The molecule has 0 saturated heterocycles. The van der Waals surface area contributed by atoms with E-state index in [1.165, 1.54) is 18.2 Å². The predicted molar refractivity (Wildman–Crippen MR) is 84.9 cm³/mol. The Bertz CT molecular complexity index is 734. The topological polar surface area (TPSA) is 72.2 Å². The van der Waals surface area contributed by atoms with Crippen LogP contribution in [-0.4, -0.2) is 10.8 Å². The van der Waals surface area contributed by atoms with Crippen LogP contribution in [0.5, 0.6) is 0 Å². The van der Waals surface area contributed by atoms with Gasteiger partial charge in [-0.15, -0.1) is 0 Å². The monoisotopic (exact) mass is 368 g/mol. The smallest absolute Gasteiger partial charge is 0.283 e. The van der Waals surface area contributed by atoms with Gasteiger partial charge in [0.05, 0.1) is 9.95 Å². The number of nitro benzene ring substituents is 1. The molecular weight excluding hydrogens is 360 g/mol. The summed E-state index contributed by atoms with van der Waals surface area (Å²) in [5.41, 5.74) is 0.995. The van der Waals surface area contributed by atoms with Crippen LogP contribution in [0, 0.1) is 17.0 Å². The van der Waals surface area contributed by atoms with Crippen molar-refractivity contribution in [1.29, 1.82) is 0 Å². The van der Waals surface area contributed by atoms with Crippen LogP contribution in [0.1, 0.15) is 15.9 Å². The van der Waals surface area contributed by atoms with Crippen molar-refractivity contribution in [1.82, 2.24) is 0 Å². The van der Waals surface area contributed by atoms with Gasteiger partial charge in [0.15, 0.2) is 0 Å². The number of nitrogens with one attached hydrogen (secondary N) is 1. The Morgan fingerprint density at radius 1 is 1.33 bits per heavy atom. The summed E-state index contributed by atoms with van der Waals surface area (Å²) in [6.45, 7) is 1.87. The molecule has 108 valence electrons. The number of carbonyl (C=O) groups excluding carboxylic acids is 1. The fraction of sp³-hybridized carbons (Fsp3) is 0.0714. The maximum Gasteiger partial charge on any atom is 0.283 e. The highest BCUT2D eigenvalue weighted by molar-refractivity contribution is 9.10. The van der Waals surface area contributed by atoms with Gasteiger partial charge in [0, 0.05) is 16.2 Å². The largest absolute Gasteiger partial charge is 0.322 e. The van der Waals surface area contributed by atoms with Gasteiger partial charge in [-0.05, 0) is 36.8 Å². The number of carbonyl (C=O) groups is 1. The highest BCUT2D eigenvalue weighted by Crippen LogP contribution is 2.28. The lowest BCUT2D eigenvalue weighted by molar-refractivity contribution is -0.385. The van der Waals surface area contributed by atoms with Gasteiger partial charge in [0.2, 0.25) is 0 Å². The molecule has 0 unspecified atom stereocenters. The average molecular weight is 370 g/mol. The summed E-state index contributed by atoms with van der Waals surface area (Å²) in [7, 11) is 0. The van der Waals surface area contributed by atoms with Gasteiger partial charge in [0.25, 0.3) is 11.6 Å². The Balaban J connectivity index is 2.36. The number of nitro groups is 1. The van der Waals surface area contributed by atoms with Gasteiger partial charge < -0.3 is 5.32 Å². The summed E-state index contributed by atoms with van der Waals surface area (Å²) >= 11 is 9.28. The summed E-state index contributed by atoms with van der Waals surface area (Å²) in [6, 6.07) is 9.35. The number of hydrogen-bond acceptors (Lipinski definition) is 3. The van der Waals surface area contributed by atoms with E-state index >= 15 is 0 Å². The molecule has 5 nitrogen and oxygen atoms in total. The highest BCUT2D eigenvalue weighted by atomic mass is 79.9. The van der Waals surface area contributed by atoms with Gasteiger partial charge in [-0.2, -0.15) is 0 Å². The number of nitrogens with zero attached hydrogens (tertiary/aromatic N) is 1. The second kappa shape index (κ2) is 6.24. The summed E-state index contributed by atoms with van der Waals surface area (Å²) < 4.78 is 0.907. The first kappa shape index (κ1) is 15.5. The first-order chi connectivity index (χ1) is 9.90. The predicted octanol–water partition coefficient (Wildman–Crippen LogP) is 4.57. The Morgan fingerprint density at radius 2 is 2.05 bits per heavy atom. The quantitative estimate of drug-likeness (QED) is 0.636. The number of amides is 1. The number of halogens is 2. The molecule has 0 radical (unpaired) electrons. The van der Waals surface area contributed by atoms with Crippen molar-refractivity contribution >= 4 is 44.8 Å². The Kier molecular flexibility index (Phi) is 4.59. The lowest BCUT2D eigenvalue weighted by Gasteiger charge is -2.08. The number of aryl methyl sites for hydroxylation is 1. The van der Waals surface area contributed by atoms with Gasteiger partial charge in [-0.3, -0.25) is 14.9 Å². The van der Waals surface area contributed by atoms with Crippen LogP contribution in [0.4, 0.5) is 11.4 Å². The third-order valence-electron chi connectivity index (χ3n) is 2.83. The molecule has 0 aromatic heterocycles. The molecular formula is C14H10BrClN2O3. The maximum atomic E-state index is 12.2. The minimum Gasteiger partial charge on any atom is -0.322 e. The Hall–Kier alpha value is -1.92. The molecule has 0 bridgehead atoms. The fourth-order valence-corrected chi connectivity index (χ4v) is 2.31. The van der Waals surface area contributed by atoms with E-state index in [0.717, 1.165) is 10.0 Å². The summed E-state index contributed by atoms with van der Waals surface area (Å²) in [6.07, 6.45) is 0. The van der Waals surface area contributed by atoms with E-state index in [1.807, 2.05) is 6.92 Å². The highest BCUT2D eigenvalue weighted by Gasteiger charge is 2.23. The lowest BCUT2D eigenvalue weighted by Crippen LogP contribution is -2.14. The Labute approximate surface area is 134 Å². The normalized spacial score (nSPS) is 10.2.